The van der Waals surface area contributed by atoms with Crippen LogP contribution in [0.2, 0.25) is 0 Å². The summed E-state index contributed by atoms with van der Waals surface area (Å²) in [5.74, 6) is -1.83. The van der Waals surface area contributed by atoms with Crippen molar-refractivity contribution in [2.75, 3.05) is 26.3 Å². The average Bonchev–Trinajstić information content (AvgIpc) is 2.81. The van der Waals surface area contributed by atoms with Gasteiger partial charge >= 0.3 is 5.97 Å². The van der Waals surface area contributed by atoms with Crippen LogP contribution < -0.4 is 0 Å². The molecular weight excluding hydrogens is 300 g/mol. The van der Waals surface area contributed by atoms with Gasteiger partial charge in [0.05, 0.1) is 30.8 Å². The van der Waals surface area contributed by atoms with Crippen LogP contribution in [0.15, 0.2) is 24.3 Å². The van der Waals surface area contributed by atoms with Gasteiger partial charge in [-0.3, -0.25) is 14.5 Å². The van der Waals surface area contributed by atoms with Gasteiger partial charge in [-0.2, -0.15) is 0 Å². The summed E-state index contributed by atoms with van der Waals surface area (Å²) >= 11 is 0. The van der Waals surface area contributed by atoms with Gasteiger partial charge in [0, 0.05) is 12.6 Å². The second-order valence-electron chi connectivity index (χ2n) is 5.48. The number of hydroxylamine groups is 2. The van der Waals surface area contributed by atoms with Crippen LogP contribution in [-0.2, 0) is 14.4 Å². The van der Waals surface area contributed by atoms with Crippen molar-refractivity contribution in [2.45, 2.75) is 19.4 Å². The zero-order valence-electron chi connectivity index (χ0n) is 12.9. The zero-order chi connectivity index (χ0) is 16.4. The minimum Gasteiger partial charge on any atom is -0.378 e. The third-order valence-corrected chi connectivity index (χ3v) is 4.11. The molecule has 0 spiro atoms. The van der Waals surface area contributed by atoms with Crippen LogP contribution in [0.3, 0.4) is 0 Å². The minimum atomic E-state index is -0.617. The molecule has 0 saturated carbocycles. The molecule has 0 aliphatic carbocycles. The van der Waals surface area contributed by atoms with Crippen molar-refractivity contribution < 1.29 is 24.0 Å². The summed E-state index contributed by atoms with van der Waals surface area (Å²) in [5.41, 5.74) is 0.503. The van der Waals surface area contributed by atoms with Crippen molar-refractivity contribution in [1.82, 2.24) is 9.96 Å². The molecule has 1 saturated heterocycles. The monoisotopic (exact) mass is 318 g/mol. The first-order chi connectivity index (χ1) is 11.1. The van der Waals surface area contributed by atoms with Crippen molar-refractivity contribution in [1.29, 1.82) is 0 Å². The van der Waals surface area contributed by atoms with Crippen LogP contribution in [-0.4, -0.2) is 60.1 Å². The largest absolute Gasteiger partial charge is 0.378 e. The van der Waals surface area contributed by atoms with Crippen molar-refractivity contribution in [2.24, 2.45) is 0 Å². The number of morpholine rings is 1. The number of likely N-dealkylation sites (N-methyl/N-ethyl adjacent to an activating group) is 1. The number of benzene rings is 1. The third kappa shape index (κ3) is 2.97. The highest BCUT2D eigenvalue weighted by Gasteiger charge is 2.39. The Morgan fingerprint density at radius 2 is 1.91 bits per heavy atom. The molecule has 3 rings (SSSR count). The molecular formula is C16H18N2O5. The Morgan fingerprint density at radius 3 is 2.52 bits per heavy atom. The lowest BCUT2D eigenvalue weighted by molar-refractivity contribution is -0.171. The second kappa shape index (κ2) is 6.47. The Balaban J connectivity index is 1.65. The zero-order valence-corrected chi connectivity index (χ0v) is 12.9. The number of fused-ring (bicyclic) bond motifs is 1. The van der Waals surface area contributed by atoms with Gasteiger partial charge in [0.1, 0.15) is 0 Å². The molecule has 122 valence electrons. The van der Waals surface area contributed by atoms with E-state index in [9.17, 15) is 14.4 Å². The number of imide groups is 1. The van der Waals surface area contributed by atoms with E-state index in [1.165, 1.54) is 12.1 Å². The number of rotatable bonds is 4. The Morgan fingerprint density at radius 1 is 1.26 bits per heavy atom. The van der Waals surface area contributed by atoms with Gasteiger partial charge in [0.15, 0.2) is 0 Å². The van der Waals surface area contributed by atoms with Crippen molar-refractivity contribution in [3.8, 4) is 0 Å². The average molecular weight is 318 g/mol. The SMILES string of the molecule is CCN1CCOCC1CC(=O)ON1C(=O)c2ccccc2C1=O. The van der Waals surface area contributed by atoms with Crippen LogP contribution in [0.1, 0.15) is 34.1 Å². The molecule has 0 aromatic heterocycles. The minimum absolute atomic E-state index is 0.0707. The van der Waals surface area contributed by atoms with E-state index in [1.54, 1.807) is 12.1 Å². The molecule has 1 fully saturated rings. The molecule has 2 heterocycles. The molecule has 2 aliphatic heterocycles. The highest BCUT2D eigenvalue weighted by atomic mass is 16.7. The maximum absolute atomic E-state index is 12.1. The summed E-state index contributed by atoms with van der Waals surface area (Å²) in [5, 5.41) is 0.549. The standard InChI is InChI=1S/C16H18N2O5/c1-2-17-7-8-22-10-11(17)9-14(19)23-18-15(20)12-5-3-4-6-13(12)16(18)21/h3-6,11H,2,7-10H2,1H3. The lowest BCUT2D eigenvalue weighted by Crippen LogP contribution is -2.47. The van der Waals surface area contributed by atoms with Crippen LogP contribution in [0.5, 0.6) is 0 Å². The predicted octanol–water partition coefficient (Wildman–Crippen LogP) is 0.852. The fraction of sp³-hybridized carbons (Fsp3) is 0.438. The predicted molar refractivity (Wildman–Crippen MR) is 79.5 cm³/mol. The highest BCUT2D eigenvalue weighted by Crippen LogP contribution is 2.23. The molecule has 2 aliphatic rings. The van der Waals surface area contributed by atoms with E-state index >= 15 is 0 Å². The Labute approximate surface area is 133 Å². The topological polar surface area (TPSA) is 76.2 Å². The van der Waals surface area contributed by atoms with E-state index in [4.69, 9.17) is 9.57 Å². The van der Waals surface area contributed by atoms with Gasteiger partial charge in [-0.25, -0.2) is 4.79 Å². The van der Waals surface area contributed by atoms with Crippen LogP contribution in [0, 0.1) is 0 Å². The van der Waals surface area contributed by atoms with Crippen molar-refractivity contribution in [3.05, 3.63) is 35.4 Å². The molecule has 2 amide bonds. The fourth-order valence-electron chi connectivity index (χ4n) is 2.88. The molecule has 1 unspecified atom stereocenters. The van der Waals surface area contributed by atoms with Gasteiger partial charge in [-0.1, -0.05) is 24.1 Å². The summed E-state index contributed by atoms with van der Waals surface area (Å²) < 4.78 is 5.38. The van der Waals surface area contributed by atoms with E-state index in [-0.39, 0.29) is 23.6 Å². The van der Waals surface area contributed by atoms with Gasteiger partial charge < -0.3 is 9.57 Å². The summed E-state index contributed by atoms with van der Waals surface area (Å²) in [6.07, 6.45) is 0.0707. The summed E-state index contributed by atoms with van der Waals surface area (Å²) in [4.78, 5) is 43.6. The summed E-state index contributed by atoms with van der Waals surface area (Å²) in [6, 6.07) is 6.30. The normalized spacial score (nSPS) is 21.4. The maximum atomic E-state index is 12.1. The van der Waals surface area contributed by atoms with Gasteiger partial charge in [-0.05, 0) is 18.7 Å². The number of ether oxygens (including phenoxy) is 1. The van der Waals surface area contributed by atoms with Gasteiger partial charge in [-0.15, -0.1) is 0 Å². The van der Waals surface area contributed by atoms with E-state index < -0.39 is 17.8 Å². The Kier molecular flexibility index (Phi) is 4.40. The van der Waals surface area contributed by atoms with Crippen LogP contribution in [0.4, 0.5) is 0 Å². The number of hydrogen-bond acceptors (Lipinski definition) is 6. The number of carbonyl (C=O) groups excluding carboxylic acids is 3. The first-order valence-electron chi connectivity index (χ1n) is 7.62. The molecule has 1 aromatic rings. The number of hydrogen-bond donors (Lipinski definition) is 0. The highest BCUT2D eigenvalue weighted by molar-refractivity contribution is 6.20. The molecule has 0 bridgehead atoms. The molecule has 23 heavy (non-hydrogen) atoms. The third-order valence-electron chi connectivity index (χ3n) is 4.11. The van der Waals surface area contributed by atoms with E-state index in [0.29, 0.717) is 18.3 Å². The maximum Gasteiger partial charge on any atom is 0.334 e. The first-order valence-corrected chi connectivity index (χ1v) is 7.62. The Hall–Kier alpha value is -2.25. The number of nitrogens with zero attached hydrogens (tertiary/aromatic N) is 2. The lowest BCUT2D eigenvalue weighted by Gasteiger charge is -2.34. The Bertz CT molecular complexity index is 610. The fourth-order valence-corrected chi connectivity index (χ4v) is 2.88. The molecule has 7 heteroatoms. The number of carbonyl (C=O) groups is 3. The van der Waals surface area contributed by atoms with Gasteiger partial charge in [0.2, 0.25) is 0 Å². The lowest BCUT2D eigenvalue weighted by atomic mass is 10.1. The van der Waals surface area contributed by atoms with E-state index in [1.807, 2.05) is 6.92 Å². The molecule has 1 atom stereocenters. The summed E-state index contributed by atoms with van der Waals surface area (Å²) in [6.45, 7) is 4.63. The molecule has 1 aromatic carbocycles. The second-order valence-corrected chi connectivity index (χ2v) is 5.48. The quantitative estimate of drug-likeness (QED) is 0.766. The van der Waals surface area contributed by atoms with Crippen LogP contribution in [0.25, 0.3) is 0 Å². The van der Waals surface area contributed by atoms with Gasteiger partial charge in [0.25, 0.3) is 11.8 Å². The molecule has 7 nitrogen and oxygen atoms in total. The van der Waals surface area contributed by atoms with Crippen molar-refractivity contribution in [3.63, 3.8) is 0 Å². The van der Waals surface area contributed by atoms with Crippen LogP contribution >= 0.6 is 0 Å². The smallest absolute Gasteiger partial charge is 0.334 e. The summed E-state index contributed by atoms with van der Waals surface area (Å²) in [7, 11) is 0. The molecule has 0 N–H and O–H groups in total. The van der Waals surface area contributed by atoms with E-state index in [2.05, 4.69) is 4.90 Å². The van der Waals surface area contributed by atoms with E-state index in [0.717, 1.165) is 13.1 Å². The van der Waals surface area contributed by atoms with Crippen molar-refractivity contribution >= 4 is 17.8 Å². The first kappa shape index (κ1) is 15.6. The molecule has 0 radical (unpaired) electrons. The number of amides is 2.